The molecule has 1 aliphatic heterocycles. The van der Waals surface area contributed by atoms with Crippen LogP contribution in [0, 0.1) is 11.4 Å². The van der Waals surface area contributed by atoms with Crippen LogP contribution in [0.1, 0.15) is 51.8 Å². The van der Waals surface area contributed by atoms with Gasteiger partial charge in [0.15, 0.2) is 0 Å². The van der Waals surface area contributed by atoms with E-state index >= 15 is 0 Å². The van der Waals surface area contributed by atoms with Crippen LogP contribution in [0.3, 0.4) is 0 Å². The van der Waals surface area contributed by atoms with Crippen molar-refractivity contribution >= 4 is 11.7 Å². The van der Waals surface area contributed by atoms with Gasteiger partial charge in [0, 0.05) is 12.0 Å². The molecule has 2 heterocycles. The summed E-state index contributed by atoms with van der Waals surface area (Å²) in [6.07, 6.45) is 1.89. The number of hydrogen-bond donors (Lipinski definition) is 1. The number of Topliss-reactive ketones (excluding diaryl/α,β-unsaturated/α-hetero) is 1. The van der Waals surface area contributed by atoms with Crippen LogP contribution < -0.4 is 0 Å². The van der Waals surface area contributed by atoms with Gasteiger partial charge in [-0.05, 0) is 19.3 Å². The van der Waals surface area contributed by atoms with Gasteiger partial charge in [0.05, 0.1) is 6.04 Å². The summed E-state index contributed by atoms with van der Waals surface area (Å²) in [5.74, 6) is -1.70. The molecule has 0 saturated carbocycles. The van der Waals surface area contributed by atoms with Crippen molar-refractivity contribution in [2.75, 3.05) is 6.54 Å². The van der Waals surface area contributed by atoms with Gasteiger partial charge in [0.2, 0.25) is 5.78 Å². The molecule has 0 aromatic carbocycles. The molecule has 0 aliphatic carbocycles. The molecule has 20 heavy (non-hydrogen) atoms. The normalized spacial score (nSPS) is 19.4. The monoisotopic (exact) mass is 282 g/mol. The van der Waals surface area contributed by atoms with E-state index in [1.54, 1.807) is 13.8 Å². The molecule has 1 amide bonds. The molecule has 1 unspecified atom stereocenters. The molecule has 1 saturated heterocycles. The Balaban J connectivity index is 2.22. The molecule has 110 valence electrons. The molecule has 1 atom stereocenters. The Labute approximate surface area is 116 Å². The summed E-state index contributed by atoms with van der Waals surface area (Å²) in [7, 11) is 0. The minimum Gasteiger partial charge on any atom is -0.327 e. The second-order valence-corrected chi connectivity index (χ2v) is 5.72. The summed E-state index contributed by atoms with van der Waals surface area (Å²) < 4.78 is 13.5. The van der Waals surface area contributed by atoms with E-state index in [2.05, 4.69) is 15.4 Å². The largest absolute Gasteiger partial charge is 0.327 e. The van der Waals surface area contributed by atoms with Gasteiger partial charge in [-0.25, -0.2) is 0 Å². The van der Waals surface area contributed by atoms with Crippen LogP contribution in [0.5, 0.6) is 0 Å². The molecule has 0 radical (unpaired) electrons. The van der Waals surface area contributed by atoms with E-state index in [-0.39, 0.29) is 5.69 Å². The van der Waals surface area contributed by atoms with E-state index in [1.165, 1.54) is 4.90 Å². The number of halogens is 1. The van der Waals surface area contributed by atoms with Crippen molar-refractivity contribution in [3.8, 4) is 0 Å². The topological polar surface area (TPSA) is 79.0 Å². The minimum atomic E-state index is -0.711. The molecule has 1 fully saturated rings. The molecule has 6 nitrogen and oxygen atoms in total. The minimum absolute atomic E-state index is 0.109. The number of nitrogens with zero attached hydrogens (tertiary/aromatic N) is 3. The number of hydrogen-bond acceptors (Lipinski definition) is 4. The molecule has 1 aliphatic rings. The Morgan fingerprint density at radius 1 is 1.45 bits per heavy atom. The first-order valence-electron chi connectivity index (χ1n) is 6.80. The van der Waals surface area contributed by atoms with Crippen LogP contribution in [-0.4, -0.2) is 38.5 Å². The highest BCUT2D eigenvalue weighted by Crippen LogP contribution is 2.33. The van der Waals surface area contributed by atoms with Crippen molar-refractivity contribution in [3.63, 3.8) is 0 Å². The van der Waals surface area contributed by atoms with Crippen LogP contribution in [0.4, 0.5) is 4.39 Å². The fourth-order valence-corrected chi connectivity index (χ4v) is 2.31. The Bertz CT molecular complexity index is 526. The number of aromatic nitrogens is 3. The Morgan fingerprint density at radius 2 is 2.15 bits per heavy atom. The summed E-state index contributed by atoms with van der Waals surface area (Å²) >= 11 is 0. The van der Waals surface area contributed by atoms with Gasteiger partial charge in [-0.1, -0.05) is 20.8 Å². The molecular weight excluding hydrogens is 263 g/mol. The molecule has 2 rings (SSSR count). The van der Waals surface area contributed by atoms with Gasteiger partial charge in [-0.15, -0.1) is 5.10 Å². The molecule has 7 heteroatoms. The number of likely N-dealkylation sites (tertiary alicyclic amines) is 1. The van der Waals surface area contributed by atoms with Crippen LogP contribution in [0.15, 0.2) is 0 Å². The van der Waals surface area contributed by atoms with E-state index in [9.17, 15) is 14.0 Å². The van der Waals surface area contributed by atoms with E-state index in [4.69, 9.17) is 0 Å². The third kappa shape index (κ3) is 2.44. The van der Waals surface area contributed by atoms with E-state index < -0.39 is 29.1 Å². The zero-order chi connectivity index (χ0) is 14.9. The Hall–Kier alpha value is -1.79. The van der Waals surface area contributed by atoms with E-state index in [1.807, 2.05) is 6.92 Å². The average Bonchev–Trinajstić information content (AvgIpc) is 3.04. The smallest absolute Gasteiger partial charge is 0.291 e. The Morgan fingerprint density at radius 3 is 2.70 bits per heavy atom. The van der Waals surface area contributed by atoms with Crippen LogP contribution in [-0.2, 0) is 9.59 Å². The average molecular weight is 282 g/mol. The maximum absolute atomic E-state index is 13.5. The molecular formula is C13H19FN4O2. The number of rotatable bonds is 4. The van der Waals surface area contributed by atoms with Gasteiger partial charge in [0.25, 0.3) is 11.9 Å². The number of aromatic amines is 1. The summed E-state index contributed by atoms with van der Waals surface area (Å²) in [5, 5.41) is 9.30. The van der Waals surface area contributed by atoms with E-state index in [0.717, 1.165) is 6.42 Å². The highest BCUT2D eigenvalue weighted by atomic mass is 19.1. The van der Waals surface area contributed by atoms with Crippen molar-refractivity contribution < 1.29 is 14.0 Å². The van der Waals surface area contributed by atoms with Crippen molar-refractivity contribution in [2.24, 2.45) is 5.41 Å². The lowest BCUT2D eigenvalue weighted by atomic mass is 9.84. The number of H-pyrrole nitrogens is 1. The maximum atomic E-state index is 13.5. The van der Waals surface area contributed by atoms with Crippen LogP contribution in [0.2, 0.25) is 0 Å². The number of amides is 1. The quantitative estimate of drug-likeness (QED) is 0.851. The lowest BCUT2D eigenvalue weighted by Gasteiger charge is -2.27. The van der Waals surface area contributed by atoms with E-state index in [0.29, 0.717) is 19.4 Å². The predicted molar refractivity (Wildman–Crippen MR) is 69.1 cm³/mol. The molecule has 1 aromatic heterocycles. The fourth-order valence-electron chi connectivity index (χ4n) is 2.31. The third-order valence-corrected chi connectivity index (χ3v) is 4.05. The first kappa shape index (κ1) is 14.6. The SMILES string of the molecule is CCC(C)(C)C(=O)C(=O)N1CCCC1c1n[nH]nc1F. The lowest BCUT2D eigenvalue weighted by molar-refractivity contribution is -0.150. The zero-order valence-electron chi connectivity index (χ0n) is 11.9. The fraction of sp³-hybridized carbons (Fsp3) is 0.692. The number of ketones is 1. The Kier molecular flexibility index (Phi) is 3.87. The molecule has 0 bridgehead atoms. The van der Waals surface area contributed by atoms with Crippen molar-refractivity contribution in [2.45, 2.75) is 46.1 Å². The molecule has 0 spiro atoms. The van der Waals surface area contributed by atoms with Crippen LogP contribution in [0.25, 0.3) is 0 Å². The van der Waals surface area contributed by atoms with Crippen molar-refractivity contribution in [3.05, 3.63) is 11.6 Å². The summed E-state index contributed by atoms with van der Waals surface area (Å²) in [5.41, 5.74) is -0.593. The lowest BCUT2D eigenvalue weighted by Crippen LogP contribution is -2.42. The first-order valence-corrected chi connectivity index (χ1v) is 6.80. The maximum Gasteiger partial charge on any atom is 0.291 e. The highest BCUT2D eigenvalue weighted by molar-refractivity contribution is 6.38. The van der Waals surface area contributed by atoms with Crippen molar-refractivity contribution in [1.29, 1.82) is 0 Å². The summed E-state index contributed by atoms with van der Waals surface area (Å²) in [6.45, 7) is 5.80. The molecule has 1 aromatic rings. The van der Waals surface area contributed by atoms with Gasteiger partial charge < -0.3 is 4.90 Å². The second kappa shape index (κ2) is 5.30. The van der Waals surface area contributed by atoms with Gasteiger partial charge in [-0.2, -0.15) is 14.7 Å². The number of nitrogens with one attached hydrogen (secondary N) is 1. The summed E-state index contributed by atoms with van der Waals surface area (Å²) in [4.78, 5) is 26.0. The highest BCUT2D eigenvalue weighted by Gasteiger charge is 2.40. The predicted octanol–water partition coefficient (Wildman–Crippen LogP) is 1.61. The summed E-state index contributed by atoms with van der Waals surface area (Å²) in [6, 6.07) is -0.502. The first-order chi connectivity index (χ1) is 9.38. The van der Waals surface area contributed by atoms with Crippen molar-refractivity contribution in [1.82, 2.24) is 20.3 Å². The van der Waals surface area contributed by atoms with Gasteiger partial charge >= 0.3 is 0 Å². The van der Waals surface area contributed by atoms with Gasteiger partial charge in [0.1, 0.15) is 5.69 Å². The number of carbonyl (C=O) groups is 2. The zero-order valence-corrected chi connectivity index (χ0v) is 11.9. The standard InChI is InChI=1S/C13H19FN4O2/c1-4-13(2,3)10(19)12(20)18-7-5-6-8(18)9-11(14)16-17-15-9/h8H,4-7H2,1-3H3,(H,15,16,17). The van der Waals surface area contributed by atoms with Gasteiger partial charge in [-0.3, -0.25) is 9.59 Å². The van der Waals surface area contributed by atoms with Crippen LogP contribution >= 0.6 is 0 Å². The number of carbonyl (C=O) groups excluding carboxylic acids is 2. The molecule has 1 N–H and O–H groups in total. The second-order valence-electron chi connectivity index (χ2n) is 5.72. The third-order valence-electron chi connectivity index (χ3n) is 4.05.